The summed E-state index contributed by atoms with van der Waals surface area (Å²) in [5, 5.41) is 9.36. The van der Waals surface area contributed by atoms with Crippen LogP contribution in [-0.4, -0.2) is 41.7 Å². The molecule has 1 heterocycles. The molecule has 1 unspecified atom stereocenters. The molecule has 98 valence electrons. The van der Waals surface area contributed by atoms with Gasteiger partial charge in [0.1, 0.15) is 5.75 Å². The van der Waals surface area contributed by atoms with Crippen LogP contribution in [-0.2, 0) is 4.79 Å². The van der Waals surface area contributed by atoms with E-state index in [0.29, 0.717) is 25.3 Å². The highest BCUT2D eigenvalue weighted by molar-refractivity contribution is 9.11. The summed E-state index contributed by atoms with van der Waals surface area (Å²) in [4.78, 5) is 13.4. The first-order chi connectivity index (χ1) is 8.56. The maximum atomic E-state index is 11.8. The zero-order valence-corrected chi connectivity index (χ0v) is 12.8. The Labute approximate surface area is 122 Å². The molecular formula is C12H13Br2NO3. The zero-order valence-electron chi connectivity index (χ0n) is 9.60. The number of aliphatic hydroxyl groups excluding tert-OH is 1. The Balaban J connectivity index is 1.89. The number of halogens is 2. The smallest absolute Gasteiger partial charge is 0.260 e. The predicted molar refractivity (Wildman–Crippen MR) is 74.5 cm³/mol. The second-order valence-corrected chi connectivity index (χ2v) is 5.92. The van der Waals surface area contributed by atoms with Crippen LogP contribution in [0.3, 0.4) is 0 Å². The Kier molecular flexibility index (Phi) is 4.64. The molecule has 0 saturated carbocycles. The minimum absolute atomic E-state index is 0.00699. The number of rotatable bonds is 3. The molecule has 1 amide bonds. The van der Waals surface area contributed by atoms with Gasteiger partial charge in [-0.25, -0.2) is 0 Å². The van der Waals surface area contributed by atoms with Crippen LogP contribution in [0, 0.1) is 0 Å². The van der Waals surface area contributed by atoms with Crippen molar-refractivity contribution in [3.05, 3.63) is 27.1 Å². The summed E-state index contributed by atoms with van der Waals surface area (Å²) in [6, 6.07) is 5.50. The van der Waals surface area contributed by atoms with Gasteiger partial charge in [-0.3, -0.25) is 4.79 Å². The highest BCUT2D eigenvalue weighted by atomic mass is 79.9. The summed E-state index contributed by atoms with van der Waals surface area (Å²) in [5.74, 6) is 0.535. The molecule has 0 aromatic heterocycles. The van der Waals surface area contributed by atoms with Gasteiger partial charge in [0.05, 0.1) is 10.6 Å². The fourth-order valence-corrected chi connectivity index (χ4v) is 2.95. The topological polar surface area (TPSA) is 49.8 Å². The minimum Gasteiger partial charge on any atom is -0.483 e. The Bertz CT molecular complexity index is 453. The Morgan fingerprint density at radius 1 is 1.50 bits per heavy atom. The molecule has 1 aliphatic rings. The third-order valence-corrected chi connectivity index (χ3v) is 3.87. The normalized spacial score (nSPS) is 19.1. The van der Waals surface area contributed by atoms with Crippen molar-refractivity contribution in [3.8, 4) is 5.75 Å². The lowest BCUT2D eigenvalue weighted by Gasteiger charge is -2.16. The summed E-state index contributed by atoms with van der Waals surface area (Å²) in [5.41, 5.74) is 0. The lowest BCUT2D eigenvalue weighted by atomic mass is 10.3. The number of hydrogen-bond donors (Lipinski definition) is 1. The van der Waals surface area contributed by atoms with Crippen LogP contribution in [0.2, 0.25) is 0 Å². The van der Waals surface area contributed by atoms with Crippen LogP contribution >= 0.6 is 31.9 Å². The molecule has 0 spiro atoms. The highest BCUT2D eigenvalue weighted by Gasteiger charge is 2.24. The van der Waals surface area contributed by atoms with Crippen molar-refractivity contribution in [1.82, 2.24) is 4.90 Å². The molecule has 1 aliphatic heterocycles. The summed E-state index contributed by atoms with van der Waals surface area (Å²) < 4.78 is 7.20. The predicted octanol–water partition coefficient (Wildman–Crippen LogP) is 2.18. The molecule has 0 aliphatic carbocycles. The average molecular weight is 379 g/mol. The molecular weight excluding hydrogens is 366 g/mol. The van der Waals surface area contributed by atoms with Gasteiger partial charge < -0.3 is 14.7 Å². The third kappa shape index (κ3) is 3.46. The largest absolute Gasteiger partial charge is 0.483 e. The van der Waals surface area contributed by atoms with Gasteiger partial charge >= 0.3 is 0 Å². The number of hydrogen-bond acceptors (Lipinski definition) is 3. The van der Waals surface area contributed by atoms with Crippen molar-refractivity contribution < 1.29 is 14.6 Å². The van der Waals surface area contributed by atoms with Crippen molar-refractivity contribution in [2.24, 2.45) is 0 Å². The van der Waals surface area contributed by atoms with E-state index in [9.17, 15) is 9.90 Å². The minimum atomic E-state index is -0.395. The number of likely N-dealkylation sites (tertiary alicyclic amines) is 1. The van der Waals surface area contributed by atoms with Crippen LogP contribution in [0.15, 0.2) is 27.1 Å². The molecule has 18 heavy (non-hydrogen) atoms. The summed E-state index contributed by atoms with van der Waals surface area (Å²) >= 11 is 6.72. The number of amides is 1. The second kappa shape index (κ2) is 6.04. The number of ether oxygens (including phenoxy) is 1. The molecule has 0 bridgehead atoms. The van der Waals surface area contributed by atoms with Crippen LogP contribution < -0.4 is 4.74 Å². The number of nitrogens with zero attached hydrogens (tertiary/aromatic N) is 1. The monoisotopic (exact) mass is 377 g/mol. The molecule has 4 nitrogen and oxygen atoms in total. The lowest BCUT2D eigenvalue weighted by Crippen LogP contribution is -2.33. The number of β-amino-alcohol motifs (C(OH)–C–C–N with tert-alkyl or cyclic N) is 1. The summed E-state index contributed by atoms with van der Waals surface area (Å²) in [6.45, 7) is 1.00. The quantitative estimate of drug-likeness (QED) is 0.876. The number of carbonyl (C=O) groups excluding carboxylic acids is 1. The average Bonchev–Trinajstić information content (AvgIpc) is 2.74. The van der Waals surface area contributed by atoms with E-state index in [4.69, 9.17) is 4.74 Å². The Morgan fingerprint density at radius 3 is 2.89 bits per heavy atom. The molecule has 1 aromatic rings. The number of benzene rings is 1. The van der Waals surface area contributed by atoms with Gasteiger partial charge in [-0.1, -0.05) is 15.9 Å². The van der Waals surface area contributed by atoms with E-state index in [0.717, 1.165) is 8.95 Å². The molecule has 1 N–H and O–H groups in total. The van der Waals surface area contributed by atoms with E-state index >= 15 is 0 Å². The standard InChI is InChI=1S/C12H13Br2NO3/c13-8-1-2-11(10(14)5-8)18-7-12(17)15-4-3-9(16)6-15/h1-2,5,9,16H,3-4,6-7H2. The number of carbonyl (C=O) groups is 1. The fourth-order valence-electron chi connectivity index (χ4n) is 1.79. The van der Waals surface area contributed by atoms with Gasteiger partial charge in [-0.2, -0.15) is 0 Å². The third-order valence-electron chi connectivity index (χ3n) is 2.76. The van der Waals surface area contributed by atoms with Gasteiger partial charge in [0.15, 0.2) is 6.61 Å². The molecule has 1 fully saturated rings. The summed E-state index contributed by atoms with van der Waals surface area (Å²) in [7, 11) is 0. The van der Waals surface area contributed by atoms with Gasteiger partial charge in [0.25, 0.3) is 5.91 Å². The maximum Gasteiger partial charge on any atom is 0.260 e. The van der Waals surface area contributed by atoms with Gasteiger partial charge in [0, 0.05) is 17.6 Å². The summed E-state index contributed by atoms with van der Waals surface area (Å²) in [6.07, 6.45) is 0.252. The first kappa shape index (κ1) is 13.8. The van der Waals surface area contributed by atoms with Crippen LogP contribution in [0.5, 0.6) is 5.75 Å². The van der Waals surface area contributed by atoms with Gasteiger partial charge in [-0.05, 0) is 40.5 Å². The first-order valence-corrected chi connectivity index (χ1v) is 7.18. The molecule has 1 saturated heterocycles. The van der Waals surface area contributed by atoms with E-state index in [-0.39, 0.29) is 12.5 Å². The highest BCUT2D eigenvalue weighted by Crippen LogP contribution is 2.28. The second-order valence-electron chi connectivity index (χ2n) is 4.15. The SMILES string of the molecule is O=C(COc1ccc(Br)cc1Br)N1CCC(O)C1. The van der Waals surface area contributed by atoms with Gasteiger partial charge in [0.2, 0.25) is 0 Å². The van der Waals surface area contributed by atoms with E-state index in [1.807, 2.05) is 12.1 Å². The molecule has 0 radical (unpaired) electrons. The maximum absolute atomic E-state index is 11.8. The molecule has 2 rings (SSSR count). The molecule has 6 heteroatoms. The van der Waals surface area contributed by atoms with Crippen molar-refractivity contribution in [1.29, 1.82) is 0 Å². The fraction of sp³-hybridized carbons (Fsp3) is 0.417. The van der Waals surface area contributed by atoms with Gasteiger partial charge in [-0.15, -0.1) is 0 Å². The molecule has 1 aromatic carbocycles. The zero-order chi connectivity index (χ0) is 13.1. The Hall–Kier alpha value is -0.590. The van der Waals surface area contributed by atoms with E-state index < -0.39 is 6.10 Å². The Morgan fingerprint density at radius 2 is 2.28 bits per heavy atom. The van der Waals surface area contributed by atoms with Crippen LogP contribution in [0.4, 0.5) is 0 Å². The van der Waals surface area contributed by atoms with Crippen LogP contribution in [0.1, 0.15) is 6.42 Å². The van der Waals surface area contributed by atoms with Crippen molar-refractivity contribution >= 4 is 37.8 Å². The molecule has 1 atom stereocenters. The van der Waals surface area contributed by atoms with Crippen molar-refractivity contribution in [2.45, 2.75) is 12.5 Å². The van der Waals surface area contributed by atoms with E-state index in [1.165, 1.54) is 0 Å². The lowest BCUT2D eigenvalue weighted by molar-refractivity contribution is -0.132. The van der Waals surface area contributed by atoms with Crippen molar-refractivity contribution in [3.63, 3.8) is 0 Å². The first-order valence-electron chi connectivity index (χ1n) is 5.60. The van der Waals surface area contributed by atoms with Crippen LogP contribution in [0.25, 0.3) is 0 Å². The number of aliphatic hydroxyl groups is 1. The van der Waals surface area contributed by atoms with Crippen molar-refractivity contribution in [2.75, 3.05) is 19.7 Å². The van der Waals surface area contributed by atoms with E-state index in [1.54, 1.807) is 11.0 Å². The van der Waals surface area contributed by atoms with E-state index in [2.05, 4.69) is 31.9 Å².